The summed E-state index contributed by atoms with van der Waals surface area (Å²) in [6, 6.07) is 0. The van der Waals surface area contributed by atoms with Crippen molar-refractivity contribution in [2.24, 2.45) is 5.92 Å². The van der Waals surface area contributed by atoms with Crippen LogP contribution in [0.15, 0.2) is 0 Å². The van der Waals surface area contributed by atoms with E-state index in [-0.39, 0.29) is 44.8 Å². The first-order valence-corrected chi connectivity index (χ1v) is 21.1. The van der Waals surface area contributed by atoms with Crippen LogP contribution in [0.2, 0.25) is 8.87 Å². The molecule has 0 bridgehead atoms. The molecule has 0 N–H and O–H groups in total. The molecule has 9 heteroatoms. The molecule has 0 aromatic carbocycles. The Hall–Kier alpha value is 1.33. The van der Waals surface area contributed by atoms with Crippen molar-refractivity contribution in [2.75, 3.05) is 5.75 Å². The van der Waals surface area contributed by atoms with Crippen LogP contribution in [0.4, 0.5) is 0 Å². The molecule has 0 heterocycles. The summed E-state index contributed by atoms with van der Waals surface area (Å²) in [5, 5.41) is 20.5. The van der Waals surface area contributed by atoms with Gasteiger partial charge in [-0.2, -0.15) is 12.6 Å². The first-order chi connectivity index (χ1) is 11.9. The number of rotatable bonds is 13. The summed E-state index contributed by atoms with van der Waals surface area (Å²) in [5.41, 5.74) is 0. The standard InChI is InChI=1S/C8H14O4S.2C4H9.2S.2Sn/c9-7(10)3-1-2-6(4-5-13)8(11)12;2*1-3-4-2;;;;/h6,13H,1-5H2,(H,9,10)(H,11,12);2*1,3-4H2,2H3;;;;/q;;;;;2*+1/p-2. The molecule has 4 nitrogen and oxygen atoms in total. The van der Waals surface area contributed by atoms with E-state index in [9.17, 15) is 19.8 Å². The van der Waals surface area contributed by atoms with Gasteiger partial charge in [0.15, 0.2) is 0 Å². The fraction of sp³-hybridized carbons (Fsp3) is 0.875. The third-order valence-electron chi connectivity index (χ3n) is 3.01. The molecule has 144 valence electrons. The summed E-state index contributed by atoms with van der Waals surface area (Å²) in [6.07, 6.45) is 6.38. The van der Waals surface area contributed by atoms with Gasteiger partial charge in [0.25, 0.3) is 0 Å². The van der Waals surface area contributed by atoms with E-state index in [1.807, 2.05) is 0 Å². The molecule has 0 saturated carbocycles. The average Bonchev–Trinajstić information content (AvgIpc) is 2.58. The Morgan fingerprint density at radius 3 is 1.68 bits per heavy atom. The molecule has 0 aromatic heterocycles. The topological polar surface area (TPSA) is 80.3 Å². The van der Waals surface area contributed by atoms with Gasteiger partial charge in [0.2, 0.25) is 0 Å². The first kappa shape index (κ1) is 31.0. The molecule has 0 amide bonds. The number of hydrogen-bond acceptors (Lipinski definition) is 7. The number of carbonyl (C=O) groups excluding carboxylic acids is 2. The van der Waals surface area contributed by atoms with Gasteiger partial charge in [0.05, 0.1) is 0 Å². The molecule has 1 unspecified atom stereocenters. The molecule has 0 saturated heterocycles. The predicted octanol–water partition coefficient (Wildman–Crippen LogP) is 2.64. The molecule has 0 aliphatic rings. The van der Waals surface area contributed by atoms with Gasteiger partial charge in [-0.25, -0.2) is 0 Å². The van der Waals surface area contributed by atoms with Gasteiger partial charge in [-0.3, -0.25) is 0 Å². The summed E-state index contributed by atoms with van der Waals surface area (Å²) < 4.78 is 2.80. The molecule has 0 aromatic rings. The second-order valence-electron chi connectivity index (χ2n) is 5.29. The van der Waals surface area contributed by atoms with Crippen LogP contribution in [0.5, 0.6) is 0 Å². The third kappa shape index (κ3) is 33.4. The van der Waals surface area contributed by atoms with Crippen molar-refractivity contribution < 1.29 is 19.8 Å². The van der Waals surface area contributed by atoms with E-state index in [2.05, 4.69) is 26.5 Å². The van der Waals surface area contributed by atoms with E-state index in [4.69, 9.17) is 18.6 Å². The van der Waals surface area contributed by atoms with Crippen molar-refractivity contribution in [1.82, 2.24) is 0 Å². The Morgan fingerprint density at radius 2 is 1.44 bits per heavy atom. The second-order valence-corrected chi connectivity index (χ2v) is 14.1. The van der Waals surface area contributed by atoms with Gasteiger partial charge in [-0.05, 0) is 37.4 Å². The number of carboxylic acids is 2. The van der Waals surface area contributed by atoms with Crippen LogP contribution in [0.25, 0.3) is 0 Å². The van der Waals surface area contributed by atoms with Crippen LogP contribution in [0, 0.1) is 5.92 Å². The number of carbonyl (C=O) groups is 2. The number of unbranched alkanes of at least 4 members (excludes halogenated alkanes) is 2. The van der Waals surface area contributed by atoms with E-state index in [0.29, 0.717) is 25.0 Å². The zero-order valence-electron chi connectivity index (χ0n) is 15.3. The Bertz CT molecular complexity index is 333. The number of thiol groups is 1. The molecule has 1 atom stereocenters. The van der Waals surface area contributed by atoms with Gasteiger partial charge < -0.3 is 19.8 Å². The monoisotopic (exact) mass is 622 g/mol. The molecular formula is C16H30O4S3Sn2. The molecule has 0 spiro atoms. The van der Waals surface area contributed by atoms with Gasteiger partial charge >= 0.3 is 105 Å². The summed E-state index contributed by atoms with van der Waals surface area (Å²) in [5.74, 6) is -2.41. The second kappa shape index (κ2) is 27.5. The molecule has 0 fully saturated rings. The molecule has 25 heavy (non-hydrogen) atoms. The smallest absolute Gasteiger partial charge is 0.0445 e. The van der Waals surface area contributed by atoms with Crippen molar-refractivity contribution in [1.29, 1.82) is 0 Å². The van der Waals surface area contributed by atoms with E-state index < -0.39 is 17.9 Å². The Morgan fingerprint density at radius 1 is 0.960 bits per heavy atom. The number of aliphatic carboxylic acids is 2. The van der Waals surface area contributed by atoms with Crippen LogP contribution in [0.1, 0.15) is 65.2 Å². The maximum absolute atomic E-state index is 10.5. The zero-order chi connectivity index (χ0) is 19.9. The maximum atomic E-state index is 10.5. The van der Waals surface area contributed by atoms with Gasteiger partial charge in [0.1, 0.15) is 0 Å². The normalized spacial score (nSPS) is 10.0. The molecule has 0 aliphatic carbocycles. The van der Waals surface area contributed by atoms with Crippen LogP contribution in [-0.4, -0.2) is 56.1 Å². The minimum atomic E-state index is -1.15. The van der Waals surface area contributed by atoms with Gasteiger partial charge in [0, 0.05) is 11.9 Å². The SMILES string of the molecule is CCC[CH2][Sn+]=[S].CCC[CH2][Sn+]=[S].O=C([O-])CCCC(CCS)C(=O)[O-]. The number of hydrogen-bond donors (Lipinski definition) is 1. The minimum absolute atomic E-state index is 0.101. The van der Waals surface area contributed by atoms with Crippen LogP contribution in [0.3, 0.4) is 0 Å². The van der Waals surface area contributed by atoms with Crippen molar-refractivity contribution in [2.45, 2.75) is 74.1 Å². The Labute approximate surface area is 185 Å². The van der Waals surface area contributed by atoms with Crippen LogP contribution in [-0.2, 0) is 9.59 Å². The van der Waals surface area contributed by atoms with E-state index in [1.54, 1.807) is 0 Å². The van der Waals surface area contributed by atoms with E-state index >= 15 is 0 Å². The number of carboxylic acid groups (broad SMARTS) is 2. The van der Waals surface area contributed by atoms with Crippen LogP contribution < -0.4 is 10.2 Å². The molecular weight excluding hydrogens is 590 g/mol. The average molecular weight is 620 g/mol. The Kier molecular flexibility index (Phi) is 34.2. The maximum Gasteiger partial charge on any atom is 0.0445 e. The minimum Gasteiger partial charge on any atom is -0.550 e. The van der Waals surface area contributed by atoms with Gasteiger partial charge in [-0.15, -0.1) is 0 Å². The predicted molar refractivity (Wildman–Crippen MR) is 112 cm³/mol. The van der Waals surface area contributed by atoms with E-state index in [0.717, 1.165) is 0 Å². The third-order valence-corrected chi connectivity index (χ3v) is 9.19. The summed E-state index contributed by atoms with van der Waals surface area (Å²) >= 11 is 3.44. The van der Waals surface area contributed by atoms with E-state index in [1.165, 1.54) is 34.6 Å². The molecule has 0 aliphatic heterocycles. The fourth-order valence-corrected chi connectivity index (χ4v) is 6.62. The first-order valence-electron chi connectivity index (χ1n) is 8.62. The molecule has 0 radical (unpaired) electrons. The van der Waals surface area contributed by atoms with Crippen molar-refractivity contribution in [3.8, 4) is 0 Å². The zero-order valence-corrected chi connectivity index (χ0v) is 23.5. The van der Waals surface area contributed by atoms with Crippen LogP contribution >= 0.6 is 31.2 Å². The van der Waals surface area contributed by atoms with Crippen molar-refractivity contribution in [3.05, 3.63) is 0 Å². The van der Waals surface area contributed by atoms with Crippen molar-refractivity contribution in [3.63, 3.8) is 0 Å². The Balaban J connectivity index is -0.000000336. The largest absolute Gasteiger partial charge is 0.550 e. The molecule has 0 rings (SSSR count). The van der Waals surface area contributed by atoms with Crippen molar-refractivity contribution >= 4 is 81.5 Å². The fourth-order valence-electron chi connectivity index (χ4n) is 1.53. The van der Waals surface area contributed by atoms with Gasteiger partial charge in [-0.1, -0.05) is 0 Å². The summed E-state index contributed by atoms with van der Waals surface area (Å²) in [7, 11) is 9.77. The summed E-state index contributed by atoms with van der Waals surface area (Å²) in [6.45, 7) is 4.43. The summed E-state index contributed by atoms with van der Waals surface area (Å²) in [4.78, 5) is 20.5. The quantitative estimate of drug-likeness (QED) is 0.194.